The van der Waals surface area contributed by atoms with E-state index in [9.17, 15) is 0 Å². The van der Waals surface area contributed by atoms with Crippen molar-refractivity contribution in [3.63, 3.8) is 0 Å². The lowest BCUT2D eigenvalue weighted by Crippen LogP contribution is -2.00. The molecule has 5 nitrogen and oxygen atoms in total. The first kappa shape index (κ1) is 13.6. The van der Waals surface area contributed by atoms with E-state index in [0.29, 0.717) is 23.1 Å². The van der Waals surface area contributed by atoms with Crippen molar-refractivity contribution in [3.8, 4) is 11.6 Å². The summed E-state index contributed by atoms with van der Waals surface area (Å²) in [5, 5.41) is 12.2. The first-order valence-corrected chi connectivity index (χ1v) is 6.19. The fourth-order valence-corrected chi connectivity index (χ4v) is 1.71. The van der Waals surface area contributed by atoms with E-state index in [1.54, 1.807) is 7.05 Å². The van der Waals surface area contributed by atoms with E-state index in [2.05, 4.69) is 15.3 Å². The Morgan fingerprint density at radius 1 is 1.37 bits per heavy atom. The minimum absolute atomic E-state index is 0.0552. The van der Waals surface area contributed by atoms with Gasteiger partial charge < -0.3 is 15.2 Å². The van der Waals surface area contributed by atoms with Gasteiger partial charge in [-0.25, -0.2) is 4.98 Å². The van der Waals surface area contributed by atoms with Crippen LogP contribution in [0, 0.1) is 0 Å². The van der Waals surface area contributed by atoms with Gasteiger partial charge in [-0.15, -0.1) is 0 Å². The van der Waals surface area contributed by atoms with Crippen molar-refractivity contribution in [1.29, 1.82) is 0 Å². The van der Waals surface area contributed by atoms with Gasteiger partial charge >= 0.3 is 0 Å². The minimum Gasteiger partial charge on any atom is -0.437 e. The van der Waals surface area contributed by atoms with Gasteiger partial charge in [0.25, 0.3) is 0 Å². The maximum atomic E-state index is 9.03. The van der Waals surface area contributed by atoms with Crippen LogP contribution in [0.25, 0.3) is 0 Å². The summed E-state index contributed by atoms with van der Waals surface area (Å²) in [5.41, 5.74) is 0.894. The standard InChI is InChI=1S/C13H14ClN3O2/c1-15-13-16-8-10(14)12(17-13)19-11-5-3-2-4-9(11)6-7-18/h2-5,8,18H,6-7H2,1H3,(H,15,16,17). The summed E-state index contributed by atoms with van der Waals surface area (Å²) >= 11 is 6.01. The van der Waals surface area contributed by atoms with Gasteiger partial charge in [0.05, 0.1) is 6.20 Å². The summed E-state index contributed by atoms with van der Waals surface area (Å²) in [6, 6.07) is 7.44. The van der Waals surface area contributed by atoms with Crippen molar-refractivity contribution < 1.29 is 9.84 Å². The van der Waals surface area contributed by atoms with Crippen LogP contribution >= 0.6 is 11.6 Å². The van der Waals surface area contributed by atoms with Crippen LogP contribution < -0.4 is 10.1 Å². The SMILES string of the molecule is CNc1ncc(Cl)c(Oc2ccccc2CCO)n1. The smallest absolute Gasteiger partial charge is 0.243 e. The summed E-state index contributed by atoms with van der Waals surface area (Å²) in [6.07, 6.45) is 1.99. The highest BCUT2D eigenvalue weighted by molar-refractivity contribution is 6.31. The number of ether oxygens (including phenoxy) is 1. The van der Waals surface area contributed by atoms with Gasteiger partial charge in [-0.05, 0) is 18.1 Å². The summed E-state index contributed by atoms with van der Waals surface area (Å²) in [7, 11) is 1.72. The second kappa shape index (κ2) is 6.36. The predicted octanol–water partition coefficient (Wildman–Crippen LogP) is 2.50. The lowest BCUT2D eigenvalue weighted by Gasteiger charge is -2.11. The molecule has 0 aliphatic carbocycles. The topological polar surface area (TPSA) is 67.3 Å². The molecule has 0 radical (unpaired) electrons. The molecule has 19 heavy (non-hydrogen) atoms. The number of hydrogen-bond acceptors (Lipinski definition) is 5. The Kier molecular flexibility index (Phi) is 4.54. The molecule has 100 valence electrons. The molecule has 6 heteroatoms. The Balaban J connectivity index is 2.30. The van der Waals surface area contributed by atoms with Crippen LogP contribution in [0.4, 0.5) is 5.95 Å². The van der Waals surface area contributed by atoms with Gasteiger partial charge in [0.1, 0.15) is 10.8 Å². The molecule has 0 aliphatic heterocycles. The quantitative estimate of drug-likeness (QED) is 0.880. The molecule has 2 rings (SSSR count). The molecule has 0 atom stereocenters. The van der Waals surface area contributed by atoms with Crippen LogP contribution in [0.5, 0.6) is 11.6 Å². The third kappa shape index (κ3) is 3.33. The van der Waals surface area contributed by atoms with Crippen LogP contribution in [0.15, 0.2) is 30.5 Å². The van der Waals surface area contributed by atoms with E-state index >= 15 is 0 Å². The molecule has 0 fully saturated rings. The van der Waals surface area contributed by atoms with Crippen molar-refractivity contribution in [3.05, 3.63) is 41.0 Å². The second-order valence-electron chi connectivity index (χ2n) is 3.78. The van der Waals surface area contributed by atoms with Crippen molar-refractivity contribution in [2.75, 3.05) is 19.0 Å². The first-order chi connectivity index (χ1) is 9.24. The number of nitrogens with zero attached hydrogens (tertiary/aromatic N) is 2. The molecule has 1 aromatic heterocycles. The molecule has 1 heterocycles. The third-order valence-electron chi connectivity index (χ3n) is 2.50. The van der Waals surface area contributed by atoms with E-state index in [1.807, 2.05) is 24.3 Å². The van der Waals surface area contributed by atoms with Crippen molar-refractivity contribution in [2.24, 2.45) is 0 Å². The third-order valence-corrected chi connectivity index (χ3v) is 2.76. The van der Waals surface area contributed by atoms with Gasteiger partial charge in [0, 0.05) is 13.7 Å². The molecule has 1 aromatic carbocycles. The zero-order chi connectivity index (χ0) is 13.7. The van der Waals surface area contributed by atoms with E-state index in [1.165, 1.54) is 6.20 Å². The van der Waals surface area contributed by atoms with Gasteiger partial charge in [0.15, 0.2) is 0 Å². The Morgan fingerprint density at radius 3 is 2.89 bits per heavy atom. The number of rotatable bonds is 5. The maximum Gasteiger partial charge on any atom is 0.243 e. The largest absolute Gasteiger partial charge is 0.437 e. The van der Waals surface area contributed by atoms with Gasteiger partial charge in [-0.3, -0.25) is 0 Å². The summed E-state index contributed by atoms with van der Waals surface area (Å²) in [6.45, 7) is 0.0552. The number of aliphatic hydroxyl groups is 1. The highest BCUT2D eigenvalue weighted by atomic mass is 35.5. The molecule has 2 N–H and O–H groups in total. The molecule has 0 saturated carbocycles. The van der Waals surface area contributed by atoms with Crippen LogP contribution in [-0.4, -0.2) is 28.7 Å². The molecule has 0 bridgehead atoms. The summed E-state index contributed by atoms with van der Waals surface area (Å²) in [4.78, 5) is 8.13. The fraction of sp³-hybridized carbons (Fsp3) is 0.231. The Morgan fingerprint density at radius 2 is 2.16 bits per heavy atom. The number of aromatic nitrogens is 2. The maximum absolute atomic E-state index is 9.03. The molecule has 0 saturated heterocycles. The first-order valence-electron chi connectivity index (χ1n) is 5.81. The zero-order valence-corrected chi connectivity index (χ0v) is 11.2. The number of benzene rings is 1. The monoisotopic (exact) mass is 279 g/mol. The average Bonchev–Trinajstić information content (AvgIpc) is 2.43. The van der Waals surface area contributed by atoms with E-state index in [4.69, 9.17) is 21.4 Å². The Labute approximate surface area is 116 Å². The lowest BCUT2D eigenvalue weighted by atomic mass is 10.1. The van der Waals surface area contributed by atoms with Crippen molar-refractivity contribution in [2.45, 2.75) is 6.42 Å². The lowest BCUT2D eigenvalue weighted by molar-refractivity contribution is 0.297. The molecular formula is C13H14ClN3O2. The summed E-state index contributed by atoms with van der Waals surface area (Å²) < 4.78 is 5.70. The fourth-order valence-electron chi connectivity index (χ4n) is 1.58. The number of aliphatic hydroxyl groups excluding tert-OH is 1. The molecule has 2 aromatic rings. The van der Waals surface area contributed by atoms with Crippen LogP contribution in [0.2, 0.25) is 5.02 Å². The van der Waals surface area contributed by atoms with E-state index in [-0.39, 0.29) is 12.5 Å². The highest BCUT2D eigenvalue weighted by Crippen LogP contribution is 2.29. The minimum atomic E-state index is 0.0552. The van der Waals surface area contributed by atoms with Gasteiger partial charge in [-0.1, -0.05) is 29.8 Å². The zero-order valence-electron chi connectivity index (χ0n) is 10.4. The second-order valence-corrected chi connectivity index (χ2v) is 4.19. The number of nitrogens with one attached hydrogen (secondary N) is 1. The average molecular weight is 280 g/mol. The number of anilines is 1. The summed E-state index contributed by atoms with van der Waals surface area (Å²) in [5.74, 6) is 1.34. The number of para-hydroxylation sites is 1. The van der Waals surface area contributed by atoms with Crippen molar-refractivity contribution >= 4 is 17.5 Å². The molecule has 0 spiro atoms. The number of hydrogen-bond donors (Lipinski definition) is 2. The van der Waals surface area contributed by atoms with Crippen LogP contribution in [0.1, 0.15) is 5.56 Å². The highest BCUT2D eigenvalue weighted by Gasteiger charge is 2.10. The molecule has 0 amide bonds. The van der Waals surface area contributed by atoms with Crippen LogP contribution in [0.3, 0.4) is 0 Å². The van der Waals surface area contributed by atoms with Crippen molar-refractivity contribution in [1.82, 2.24) is 9.97 Å². The Bertz CT molecular complexity index is 563. The van der Waals surface area contributed by atoms with Crippen LogP contribution in [-0.2, 0) is 6.42 Å². The molecule has 0 aliphatic rings. The van der Waals surface area contributed by atoms with Gasteiger partial charge in [0.2, 0.25) is 11.8 Å². The van der Waals surface area contributed by atoms with Gasteiger partial charge in [-0.2, -0.15) is 4.98 Å². The number of halogens is 1. The molecule has 0 unspecified atom stereocenters. The molecular weight excluding hydrogens is 266 g/mol. The van der Waals surface area contributed by atoms with E-state index < -0.39 is 0 Å². The van der Waals surface area contributed by atoms with E-state index in [0.717, 1.165) is 5.56 Å². The predicted molar refractivity (Wildman–Crippen MR) is 73.9 cm³/mol. The normalized spacial score (nSPS) is 10.3. The Hall–Kier alpha value is -1.85.